The zero-order valence-electron chi connectivity index (χ0n) is 15.8. The van der Waals surface area contributed by atoms with E-state index >= 15 is 0 Å². The van der Waals surface area contributed by atoms with Crippen molar-refractivity contribution >= 4 is 5.69 Å². The minimum Gasteiger partial charge on any atom is -0.326 e. The summed E-state index contributed by atoms with van der Waals surface area (Å²) in [5.74, 6) is 0. The van der Waals surface area contributed by atoms with Gasteiger partial charge in [0.25, 0.3) is 5.69 Å². The Morgan fingerprint density at radius 2 is 1.29 bits per heavy atom. The van der Waals surface area contributed by atoms with Crippen LogP contribution in [0.25, 0.3) is 0 Å². The van der Waals surface area contributed by atoms with E-state index in [0.717, 1.165) is 37.2 Å². The standard InChI is InChI=1S/C23H25N3O2/c24-16-20-6-8-21(9-7-20)17-25(15-14-19-4-2-1-3-5-19)18-22-10-12-23(13-11-22)26(27)28/h1-13H,14-18,24H2. The number of nitro benzene ring substituents is 1. The van der Waals surface area contributed by atoms with Gasteiger partial charge in [0.2, 0.25) is 0 Å². The quantitative estimate of drug-likeness (QED) is 0.447. The van der Waals surface area contributed by atoms with Crippen molar-refractivity contribution in [3.05, 3.63) is 111 Å². The van der Waals surface area contributed by atoms with Crippen molar-refractivity contribution in [3.8, 4) is 0 Å². The second-order valence-electron chi connectivity index (χ2n) is 6.89. The van der Waals surface area contributed by atoms with Gasteiger partial charge in [-0.25, -0.2) is 0 Å². The number of non-ortho nitro benzene ring substituents is 1. The lowest BCUT2D eigenvalue weighted by atomic mass is 10.1. The zero-order chi connectivity index (χ0) is 19.8. The number of nitro groups is 1. The second-order valence-corrected chi connectivity index (χ2v) is 6.89. The molecule has 0 aliphatic heterocycles. The first-order valence-corrected chi connectivity index (χ1v) is 9.41. The average Bonchev–Trinajstić information content (AvgIpc) is 2.73. The molecule has 0 radical (unpaired) electrons. The molecule has 0 atom stereocenters. The van der Waals surface area contributed by atoms with Crippen molar-refractivity contribution in [1.82, 2.24) is 4.90 Å². The van der Waals surface area contributed by atoms with Gasteiger partial charge in [-0.2, -0.15) is 0 Å². The number of benzene rings is 3. The maximum Gasteiger partial charge on any atom is 0.269 e. The molecule has 0 fully saturated rings. The summed E-state index contributed by atoms with van der Waals surface area (Å²) in [7, 11) is 0. The fourth-order valence-corrected chi connectivity index (χ4v) is 3.17. The van der Waals surface area contributed by atoms with Crippen LogP contribution < -0.4 is 5.73 Å². The molecule has 3 aromatic rings. The largest absolute Gasteiger partial charge is 0.326 e. The van der Waals surface area contributed by atoms with E-state index in [1.807, 2.05) is 18.2 Å². The molecule has 0 unspecified atom stereocenters. The molecule has 2 N–H and O–H groups in total. The first kappa shape index (κ1) is 19.7. The number of nitrogens with two attached hydrogens (primary N) is 1. The minimum absolute atomic E-state index is 0.122. The number of hydrogen-bond donors (Lipinski definition) is 1. The van der Waals surface area contributed by atoms with Crippen molar-refractivity contribution in [1.29, 1.82) is 0 Å². The molecule has 5 nitrogen and oxygen atoms in total. The van der Waals surface area contributed by atoms with Gasteiger partial charge >= 0.3 is 0 Å². The molecule has 0 aromatic heterocycles. The third-order valence-electron chi connectivity index (χ3n) is 4.78. The lowest BCUT2D eigenvalue weighted by Crippen LogP contribution is -2.25. The van der Waals surface area contributed by atoms with Crippen LogP contribution in [0, 0.1) is 10.1 Å². The predicted molar refractivity (Wildman–Crippen MR) is 112 cm³/mol. The molecule has 3 aromatic carbocycles. The molecule has 0 heterocycles. The highest BCUT2D eigenvalue weighted by atomic mass is 16.6. The molecular weight excluding hydrogens is 350 g/mol. The van der Waals surface area contributed by atoms with Crippen LogP contribution in [0.5, 0.6) is 0 Å². The Bertz CT molecular complexity index is 878. The summed E-state index contributed by atoms with van der Waals surface area (Å²) in [5.41, 5.74) is 10.5. The van der Waals surface area contributed by atoms with E-state index in [0.29, 0.717) is 6.54 Å². The molecule has 3 rings (SSSR count). The van der Waals surface area contributed by atoms with Gasteiger partial charge in [-0.3, -0.25) is 15.0 Å². The molecule has 28 heavy (non-hydrogen) atoms. The normalized spacial score (nSPS) is 10.9. The molecule has 144 valence electrons. The van der Waals surface area contributed by atoms with Crippen molar-refractivity contribution in [2.24, 2.45) is 5.73 Å². The molecule has 0 saturated carbocycles. The van der Waals surface area contributed by atoms with Crippen LogP contribution in [0.2, 0.25) is 0 Å². The Balaban J connectivity index is 1.71. The van der Waals surface area contributed by atoms with Crippen LogP contribution >= 0.6 is 0 Å². The van der Waals surface area contributed by atoms with E-state index in [1.165, 1.54) is 11.1 Å². The van der Waals surface area contributed by atoms with Gasteiger partial charge in [0.1, 0.15) is 0 Å². The zero-order valence-corrected chi connectivity index (χ0v) is 15.8. The highest BCUT2D eigenvalue weighted by Crippen LogP contribution is 2.16. The van der Waals surface area contributed by atoms with Crippen molar-refractivity contribution < 1.29 is 4.92 Å². The Labute approximate surface area is 165 Å². The van der Waals surface area contributed by atoms with Crippen molar-refractivity contribution in [3.63, 3.8) is 0 Å². The lowest BCUT2D eigenvalue weighted by molar-refractivity contribution is -0.384. The summed E-state index contributed by atoms with van der Waals surface area (Å²) in [4.78, 5) is 12.9. The minimum atomic E-state index is -0.365. The maximum atomic E-state index is 10.9. The summed E-state index contributed by atoms with van der Waals surface area (Å²) in [6, 6.07) is 25.6. The number of nitrogens with zero attached hydrogens (tertiary/aromatic N) is 2. The van der Waals surface area contributed by atoms with Crippen LogP contribution in [-0.4, -0.2) is 16.4 Å². The van der Waals surface area contributed by atoms with Gasteiger partial charge in [0.05, 0.1) is 4.92 Å². The molecule has 0 bridgehead atoms. The Morgan fingerprint density at radius 3 is 1.82 bits per heavy atom. The van der Waals surface area contributed by atoms with Gasteiger partial charge in [-0.05, 0) is 28.7 Å². The SMILES string of the molecule is NCc1ccc(CN(CCc2ccccc2)Cc2ccc([N+](=O)[O-])cc2)cc1. The molecule has 0 aliphatic carbocycles. The number of hydrogen-bond acceptors (Lipinski definition) is 4. The highest BCUT2D eigenvalue weighted by Gasteiger charge is 2.10. The molecule has 0 spiro atoms. The second kappa shape index (κ2) is 9.78. The lowest BCUT2D eigenvalue weighted by Gasteiger charge is -2.23. The first-order valence-electron chi connectivity index (χ1n) is 9.41. The van der Waals surface area contributed by atoms with Crippen LogP contribution in [0.15, 0.2) is 78.9 Å². The van der Waals surface area contributed by atoms with E-state index in [2.05, 4.69) is 53.4 Å². The van der Waals surface area contributed by atoms with Crippen molar-refractivity contribution in [2.75, 3.05) is 6.54 Å². The molecular formula is C23H25N3O2. The summed E-state index contributed by atoms with van der Waals surface area (Å²) in [6.07, 6.45) is 0.953. The number of rotatable bonds is 9. The molecule has 0 aliphatic rings. The Kier molecular flexibility index (Phi) is 6.89. The molecule has 0 saturated heterocycles. The highest BCUT2D eigenvalue weighted by molar-refractivity contribution is 5.33. The summed E-state index contributed by atoms with van der Waals surface area (Å²) < 4.78 is 0. The van der Waals surface area contributed by atoms with Crippen LogP contribution in [0.3, 0.4) is 0 Å². The van der Waals surface area contributed by atoms with Crippen LogP contribution in [0.4, 0.5) is 5.69 Å². The maximum absolute atomic E-state index is 10.9. The third-order valence-corrected chi connectivity index (χ3v) is 4.78. The van der Waals surface area contributed by atoms with Gasteiger partial charge in [0, 0.05) is 38.3 Å². The van der Waals surface area contributed by atoms with Crippen LogP contribution in [0.1, 0.15) is 22.3 Å². The van der Waals surface area contributed by atoms with Gasteiger partial charge in [-0.15, -0.1) is 0 Å². The third kappa shape index (κ3) is 5.74. The average molecular weight is 375 g/mol. The van der Waals surface area contributed by atoms with Gasteiger partial charge in [0.15, 0.2) is 0 Å². The fraction of sp³-hybridized carbons (Fsp3) is 0.217. The van der Waals surface area contributed by atoms with Crippen LogP contribution in [-0.2, 0) is 26.1 Å². The topological polar surface area (TPSA) is 72.4 Å². The fourth-order valence-electron chi connectivity index (χ4n) is 3.17. The molecule has 5 heteroatoms. The summed E-state index contributed by atoms with van der Waals surface area (Å²) in [6.45, 7) is 3.00. The Hall–Kier alpha value is -3.02. The summed E-state index contributed by atoms with van der Waals surface area (Å²) in [5, 5.41) is 10.9. The summed E-state index contributed by atoms with van der Waals surface area (Å²) >= 11 is 0. The van der Waals surface area contributed by atoms with E-state index in [1.54, 1.807) is 12.1 Å². The predicted octanol–water partition coefficient (Wildman–Crippen LogP) is 4.30. The molecule has 0 amide bonds. The Morgan fingerprint density at radius 1 is 0.750 bits per heavy atom. The smallest absolute Gasteiger partial charge is 0.269 e. The van der Waals surface area contributed by atoms with E-state index in [9.17, 15) is 10.1 Å². The van der Waals surface area contributed by atoms with Crippen molar-refractivity contribution in [2.45, 2.75) is 26.1 Å². The monoisotopic (exact) mass is 375 g/mol. The van der Waals surface area contributed by atoms with Gasteiger partial charge in [-0.1, -0.05) is 66.7 Å². The van der Waals surface area contributed by atoms with E-state index in [-0.39, 0.29) is 10.6 Å². The van der Waals surface area contributed by atoms with Gasteiger partial charge < -0.3 is 5.73 Å². The van der Waals surface area contributed by atoms with E-state index < -0.39 is 0 Å². The first-order chi connectivity index (χ1) is 13.6. The van der Waals surface area contributed by atoms with E-state index in [4.69, 9.17) is 5.73 Å².